The summed E-state index contributed by atoms with van der Waals surface area (Å²) in [5, 5.41) is 12.4. The number of halogens is 1. The summed E-state index contributed by atoms with van der Waals surface area (Å²) in [6.07, 6.45) is 0.994. The van der Waals surface area contributed by atoms with Gasteiger partial charge in [0.15, 0.2) is 5.82 Å². The summed E-state index contributed by atoms with van der Waals surface area (Å²) in [4.78, 5) is 0. The second-order valence-electron chi connectivity index (χ2n) is 5.77. The number of aromatic nitrogens is 4. The van der Waals surface area contributed by atoms with E-state index in [1.165, 1.54) is 0 Å². The predicted molar refractivity (Wildman–Crippen MR) is 76.7 cm³/mol. The van der Waals surface area contributed by atoms with E-state index in [4.69, 9.17) is 17.3 Å². The van der Waals surface area contributed by atoms with Crippen molar-refractivity contribution in [2.75, 3.05) is 5.73 Å². The van der Waals surface area contributed by atoms with Crippen molar-refractivity contribution in [3.8, 4) is 11.4 Å². The first kappa shape index (κ1) is 13.8. The molecule has 0 saturated heterocycles. The zero-order valence-electron chi connectivity index (χ0n) is 11.4. The molecule has 0 bridgehead atoms. The molecule has 0 spiro atoms. The van der Waals surface area contributed by atoms with E-state index in [1.54, 1.807) is 16.8 Å². The van der Waals surface area contributed by atoms with Crippen LogP contribution in [0.25, 0.3) is 11.4 Å². The third-order valence-corrected chi connectivity index (χ3v) is 3.20. The van der Waals surface area contributed by atoms with Gasteiger partial charge in [0.1, 0.15) is 0 Å². The summed E-state index contributed by atoms with van der Waals surface area (Å²) < 4.78 is 1.80. The minimum atomic E-state index is 0.238. The Kier molecular flexibility index (Phi) is 3.75. The van der Waals surface area contributed by atoms with Crippen LogP contribution < -0.4 is 5.73 Å². The first-order valence-corrected chi connectivity index (χ1v) is 6.56. The van der Waals surface area contributed by atoms with Crippen molar-refractivity contribution in [1.29, 1.82) is 0 Å². The molecule has 0 unspecified atom stereocenters. The highest BCUT2D eigenvalue weighted by atomic mass is 35.5. The average molecular weight is 280 g/mol. The summed E-state index contributed by atoms with van der Waals surface area (Å²) in [5.74, 6) is 0.715. The largest absolute Gasteiger partial charge is 0.398 e. The van der Waals surface area contributed by atoms with Crippen LogP contribution in [0, 0.1) is 5.41 Å². The minimum absolute atomic E-state index is 0.238. The molecule has 0 aliphatic heterocycles. The van der Waals surface area contributed by atoms with Gasteiger partial charge in [0.25, 0.3) is 0 Å². The quantitative estimate of drug-likeness (QED) is 0.877. The number of nitrogens with zero attached hydrogens (tertiary/aromatic N) is 4. The molecule has 6 heteroatoms. The molecule has 0 aliphatic rings. The molecule has 0 atom stereocenters. The fourth-order valence-electron chi connectivity index (χ4n) is 1.69. The number of hydrogen-bond donors (Lipinski definition) is 1. The van der Waals surface area contributed by atoms with Gasteiger partial charge in [-0.05, 0) is 40.5 Å². The van der Waals surface area contributed by atoms with E-state index in [0.717, 1.165) is 18.5 Å². The van der Waals surface area contributed by atoms with Gasteiger partial charge in [-0.2, -0.15) is 0 Å². The van der Waals surface area contributed by atoms with Crippen molar-refractivity contribution in [1.82, 2.24) is 20.2 Å². The SMILES string of the molecule is CC(C)(C)CCn1nnnc1-c1ccc(Cl)c(N)c1. The molecule has 0 fully saturated rings. The second-order valence-corrected chi connectivity index (χ2v) is 6.18. The molecule has 1 aromatic carbocycles. The molecule has 2 aromatic rings. The van der Waals surface area contributed by atoms with Crippen LogP contribution in [0.15, 0.2) is 18.2 Å². The summed E-state index contributed by atoms with van der Waals surface area (Å²) in [7, 11) is 0. The van der Waals surface area contributed by atoms with Crippen LogP contribution in [-0.4, -0.2) is 20.2 Å². The van der Waals surface area contributed by atoms with Crippen molar-refractivity contribution in [2.24, 2.45) is 5.41 Å². The maximum atomic E-state index is 5.92. The van der Waals surface area contributed by atoms with Crippen LogP contribution in [0.1, 0.15) is 27.2 Å². The van der Waals surface area contributed by atoms with Crippen molar-refractivity contribution >= 4 is 17.3 Å². The van der Waals surface area contributed by atoms with Crippen LogP contribution in [0.2, 0.25) is 5.02 Å². The first-order chi connectivity index (χ1) is 8.87. The topological polar surface area (TPSA) is 69.6 Å². The van der Waals surface area contributed by atoms with Crippen LogP contribution in [0.5, 0.6) is 0 Å². The lowest BCUT2D eigenvalue weighted by Crippen LogP contribution is -2.12. The monoisotopic (exact) mass is 279 g/mol. The number of rotatable bonds is 3. The van der Waals surface area contributed by atoms with E-state index >= 15 is 0 Å². The Morgan fingerprint density at radius 3 is 2.68 bits per heavy atom. The van der Waals surface area contributed by atoms with Crippen LogP contribution >= 0.6 is 11.6 Å². The second kappa shape index (κ2) is 5.17. The molecule has 5 nitrogen and oxygen atoms in total. The van der Waals surface area contributed by atoms with Crippen molar-refractivity contribution < 1.29 is 0 Å². The van der Waals surface area contributed by atoms with E-state index in [1.807, 2.05) is 6.07 Å². The molecule has 0 saturated carbocycles. The molecule has 19 heavy (non-hydrogen) atoms. The zero-order chi connectivity index (χ0) is 14.0. The van der Waals surface area contributed by atoms with Gasteiger partial charge in [-0.1, -0.05) is 32.4 Å². The summed E-state index contributed by atoms with van der Waals surface area (Å²) >= 11 is 5.92. The Hall–Kier alpha value is -1.62. The van der Waals surface area contributed by atoms with Gasteiger partial charge in [-0.25, -0.2) is 4.68 Å². The summed E-state index contributed by atoms with van der Waals surface area (Å²) in [6, 6.07) is 5.43. The highest BCUT2D eigenvalue weighted by Crippen LogP contribution is 2.26. The van der Waals surface area contributed by atoms with E-state index in [-0.39, 0.29) is 5.41 Å². The standard InChI is InChI=1S/C13H18ClN5/c1-13(2,3)6-7-19-12(16-17-18-19)9-4-5-10(14)11(15)8-9/h4-5,8H,6-7,15H2,1-3H3. The molecule has 0 amide bonds. The smallest absolute Gasteiger partial charge is 0.182 e. The van der Waals surface area contributed by atoms with E-state index < -0.39 is 0 Å². The fraction of sp³-hybridized carbons (Fsp3) is 0.462. The van der Waals surface area contributed by atoms with E-state index in [9.17, 15) is 0 Å². The van der Waals surface area contributed by atoms with Gasteiger partial charge in [0.05, 0.1) is 10.7 Å². The molecule has 2 rings (SSSR count). The maximum absolute atomic E-state index is 5.92. The highest BCUT2D eigenvalue weighted by Gasteiger charge is 2.14. The normalized spacial score (nSPS) is 11.8. The Balaban J connectivity index is 2.26. The van der Waals surface area contributed by atoms with E-state index in [0.29, 0.717) is 16.5 Å². The number of benzene rings is 1. The maximum Gasteiger partial charge on any atom is 0.182 e. The molecule has 2 N–H and O–H groups in total. The van der Waals surface area contributed by atoms with Crippen LogP contribution in [0.3, 0.4) is 0 Å². The molecule has 1 aromatic heterocycles. The Morgan fingerprint density at radius 1 is 1.32 bits per heavy atom. The van der Waals surface area contributed by atoms with Gasteiger partial charge in [-0.3, -0.25) is 0 Å². The van der Waals surface area contributed by atoms with Gasteiger partial charge < -0.3 is 5.73 Å². The van der Waals surface area contributed by atoms with Crippen LogP contribution in [-0.2, 0) is 6.54 Å². The van der Waals surface area contributed by atoms with Crippen molar-refractivity contribution in [3.05, 3.63) is 23.2 Å². The molecular formula is C13H18ClN5. The third-order valence-electron chi connectivity index (χ3n) is 2.86. The molecule has 0 radical (unpaired) electrons. The fourth-order valence-corrected chi connectivity index (χ4v) is 1.80. The minimum Gasteiger partial charge on any atom is -0.398 e. The van der Waals surface area contributed by atoms with Gasteiger partial charge in [0, 0.05) is 12.1 Å². The number of tetrazole rings is 1. The Morgan fingerprint density at radius 2 is 2.05 bits per heavy atom. The van der Waals surface area contributed by atoms with Crippen molar-refractivity contribution in [2.45, 2.75) is 33.7 Å². The first-order valence-electron chi connectivity index (χ1n) is 6.18. The van der Waals surface area contributed by atoms with E-state index in [2.05, 4.69) is 36.3 Å². The van der Waals surface area contributed by atoms with Gasteiger partial charge in [0.2, 0.25) is 0 Å². The predicted octanol–water partition coefficient (Wildman–Crippen LogP) is 3.01. The Labute approximate surface area is 117 Å². The highest BCUT2D eigenvalue weighted by molar-refractivity contribution is 6.33. The number of hydrogen-bond acceptors (Lipinski definition) is 4. The van der Waals surface area contributed by atoms with Gasteiger partial charge >= 0.3 is 0 Å². The lowest BCUT2D eigenvalue weighted by atomic mass is 9.92. The zero-order valence-corrected chi connectivity index (χ0v) is 12.1. The number of aryl methyl sites for hydroxylation is 1. The lowest BCUT2D eigenvalue weighted by Gasteiger charge is -2.17. The summed E-state index contributed by atoms with van der Waals surface area (Å²) in [6.45, 7) is 7.35. The Bertz CT molecular complexity index is 571. The molecular weight excluding hydrogens is 262 g/mol. The molecule has 0 aliphatic carbocycles. The number of nitrogens with two attached hydrogens (primary N) is 1. The molecule has 102 valence electrons. The third kappa shape index (κ3) is 3.44. The van der Waals surface area contributed by atoms with Crippen molar-refractivity contribution in [3.63, 3.8) is 0 Å². The lowest BCUT2D eigenvalue weighted by molar-refractivity contribution is 0.340. The number of nitrogen functional groups attached to an aromatic ring is 1. The number of anilines is 1. The van der Waals surface area contributed by atoms with Crippen LogP contribution in [0.4, 0.5) is 5.69 Å². The summed E-state index contributed by atoms with van der Waals surface area (Å²) in [5.41, 5.74) is 7.46. The average Bonchev–Trinajstić information content (AvgIpc) is 2.77. The van der Waals surface area contributed by atoms with Gasteiger partial charge in [-0.15, -0.1) is 5.10 Å². The molecule has 1 heterocycles.